The van der Waals surface area contributed by atoms with E-state index >= 15 is 0 Å². The highest BCUT2D eigenvalue weighted by Gasteiger charge is 2.46. The maximum atomic E-state index is 5.98. The first-order valence-corrected chi connectivity index (χ1v) is 34.2. The van der Waals surface area contributed by atoms with Gasteiger partial charge in [0.25, 0.3) is 0 Å². The molecule has 4 nitrogen and oxygen atoms in total. The van der Waals surface area contributed by atoms with Gasteiger partial charge in [-0.05, 0) is 88.0 Å². The van der Waals surface area contributed by atoms with Crippen LogP contribution in [0.15, 0.2) is 352 Å². The summed E-state index contributed by atoms with van der Waals surface area (Å²) in [6.07, 6.45) is 0. The van der Waals surface area contributed by atoms with Gasteiger partial charge in [-0.25, -0.2) is 9.97 Å². The zero-order chi connectivity index (χ0) is 58.4. The van der Waals surface area contributed by atoms with Crippen LogP contribution in [-0.2, 0) is 0 Å². The van der Waals surface area contributed by atoms with Gasteiger partial charge in [0.05, 0.1) is 22.1 Å². The zero-order valence-electron chi connectivity index (χ0n) is 48.3. The van der Waals surface area contributed by atoms with E-state index in [9.17, 15) is 0 Å². The molecule has 3 heterocycles. The second-order valence-electron chi connectivity index (χ2n) is 22.8. The van der Waals surface area contributed by atoms with Crippen LogP contribution >= 0.6 is 0 Å². The van der Waals surface area contributed by atoms with Gasteiger partial charge in [-0.3, -0.25) is 9.13 Å². The SMILES string of the molecule is c1ccc(-c2cccc([Si](c3ccccc3)(c3ccccc3)c3cc(-c4nc(-n5c6ccccc6c6ccccc65)cc(-n5c6ccccc6c6ccccc65)n4)cc([Si](c4ccccc4)(c4ccccc4)c4cccc(-c5ccccc5)c4)c3)c2)cc1. The van der Waals surface area contributed by atoms with Crippen molar-refractivity contribution in [2.75, 3.05) is 0 Å². The average Bonchev–Trinajstić information content (AvgIpc) is 1.06. The quantitative estimate of drug-likeness (QED) is 0.0852. The van der Waals surface area contributed by atoms with Gasteiger partial charge in [0, 0.05) is 33.2 Å². The summed E-state index contributed by atoms with van der Waals surface area (Å²) in [7, 11) is -6.85. The molecule has 6 heteroatoms. The summed E-state index contributed by atoms with van der Waals surface area (Å²) in [6.45, 7) is 0. The van der Waals surface area contributed by atoms with Crippen LogP contribution in [0.1, 0.15) is 0 Å². The minimum Gasteiger partial charge on any atom is -0.294 e. The maximum absolute atomic E-state index is 5.98. The van der Waals surface area contributed by atoms with E-state index in [0.717, 1.165) is 39.3 Å². The highest BCUT2D eigenvalue weighted by Crippen LogP contribution is 2.36. The second kappa shape index (κ2) is 22.1. The van der Waals surface area contributed by atoms with Crippen molar-refractivity contribution in [3.63, 3.8) is 0 Å². The Balaban J connectivity index is 1.10. The number of hydrogen-bond acceptors (Lipinski definition) is 2. The zero-order valence-corrected chi connectivity index (χ0v) is 50.3. The molecule has 0 unspecified atom stereocenters. The molecule has 0 aliphatic rings. The molecule has 0 aliphatic heterocycles. The van der Waals surface area contributed by atoms with Gasteiger partial charge in [-0.2, -0.15) is 0 Å². The molecule has 0 amide bonds. The van der Waals surface area contributed by atoms with Crippen molar-refractivity contribution < 1.29 is 0 Å². The number of rotatable bonds is 13. The molecule has 0 atom stereocenters. The lowest BCUT2D eigenvalue weighted by molar-refractivity contribution is 0.994. The molecule has 0 radical (unpaired) electrons. The molecule has 0 spiro atoms. The molecule has 16 aromatic rings. The number of hydrogen-bond donors (Lipinski definition) is 0. The fourth-order valence-electron chi connectivity index (χ4n) is 14.2. The van der Waals surface area contributed by atoms with E-state index in [1.54, 1.807) is 0 Å². The van der Waals surface area contributed by atoms with Crippen molar-refractivity contribution in [1.29, 1.82) is 0 Å². The summed E-state index contributed by atoms with van der Waals surface area (Å²) in [5, 5.41) is 14.8. The first kappa shape index (κ1) is 52.5. The van der Waals surface area contributed by atoms with Crippen LogP contribution < -0.4 is 41.5 Å². The molecular weight excluding hydrogens is 1100 g/mol. The lowest BCUT2D eigenvalue weighted by Crippen LogP contribution is -2.78. The standard InChI is InChI=1S/C82H58N4Si2/c1-7-29-59(30-8-1)61-33-27-43-68(53-61)87(64-35-11-3-12-36-64,65-37-13-4-14-38-65)70-55-63(56-71(57-70)88(66-39-15-5-16-40-66,67-41-17-6-18-42-67)69-44-28-34-62(54-69)60-31-9-2-10-32-60)82-83-80(85-76-49-23-19-45-72(76)73-46-20-24-50-77(73)85)58-81(84-82)86-78-51-25-21-47-74(78)75-48-22-26-52-79(75)86/h1-58H. The molecule has 0 saturated carbocycles. The maximum Gasteiger partial charge on any atom is 0.179 e. The molecular formula is C82H58N4Si2. The van der Waals surface area contributed by atoms with Crippen LogP contribution in [0.2, 0.25) is 0 Å². The topological polar surface area (TPSA) is 35.6 Å². The molecule has 16 rings (SSSR count). The predicted octanol–water partition coefficient (Wildman–Crippen LogP) is 14.4. The predicted molar refractivity (Wildman–Crippen MR) is 374 cm³/mol. The molecule has 0 N–H and O–H groups in total. The first-order valence-electron chi connectivity index (χ1n) is 30.2. The molecule has 0 saturated heterocycles. The summed E-state index contributed by atoms with van der Waals surface area (Å²) in [4.78, 5) is 12.0. The largest absolute Gasteiger partial charge is 0.294 e. The Kier molecular flexibility index (Phi) is 13.2. The van der Waals surface area contributed by atoms with Crippen LogP contribution in [-0.4, -0.2) is 35.2 Å². The summed E-state index contributed by atoms with van der Waals surface area (Å²) in [5.74, 6) is 2.19. The summed E-state index contributed by atoms with van der Waals surface area (Å²) in [6, 6.07) is 131. The van der Waals surface area contributed by atoms with Gasteiger partial charge in [-0.1, -0.05) is 322 Å². The molecule has 0 fully saturated rings. The van der Waals surface area contributed by atoms with E-state index in [-0.39, 0.29) is 0 Å². The third kappa shape index (κ3) is 8.71. The Labute approximate surface area is 514 Å². The van der Waals surface area contributed by atoms with E-state index < -0.39 is 16.1 Å². The lowest BCUT2D eigenvalue weighted by Gasteiger charge is -2.38. The molecule has 88 heavy (non-hydrogen) atoms. The van der Waals surface area contributed by atoms with Crippen LogP contribution in [0, 0.1) is 0 Å². The van der Waals surface area contributed by atoms with Crippen molar-refractivity contribution >= 4 is 101 Å². The Morgan fingerprint density at radius 3 is 0.784 bits per heavy atom. The third-order valence-corrected chi connectivity index (χ3v) is 27.5. The van der Waals surface area contributed by atoms with Crippen LogP contribution in [0.4, 0.5) is 0 Å². The lowest BCUT2D eigenvalue weighted by atomic mass is 10.1. The van der Waals surface area contributed by atoms with E-state index in [1.807, 2.05) is 0 Å². The normalized spacial score (nSPS) is 11.9. The summed E-state index contributed by atoms with van der Waals surface area (Å²) < 4.78 is 4.70. The number of fused-ring (bicyclic) bond motifs is 6. The molecule has 3 aromatic heterocycles. The smallest absolute Gasteiger partial charge is 0.179 e. The van der Waals surface area contributed by atoms with Gasteiger partial charge in [0.2, 0.25) is 0 Å². The average molecular weight is 1160 g/mol. The highest BCUT2D eigenvalue weighted by atomic mass is 28.3. The number of aromatic nitrogens is 4. The van der Waals surface area contributed by atoms with Gasteiger partial charge in [0.1, 0.15) is 11.6 Å². The van der Waals surface area contributed by atoms with Crippen molar-refractivity contribution in [2.45, 2.75) is 0 Å². The third-order valence-electron chi connectivity index (χ3n) is 18.0. The van der Waals surface area contributed by atoms with Gasteiger partial charge in [0.15, 0.2) is 22.0 Å². The van der Waals surface area contributed by atoms with E-state index in [0.29, 0.717) is 5.82 Å². The van der Waals surface area contributed by atoms with Crippen LogP contribution in [0.5, 0.6) is 0 Å². The van der Waals surface area contributed by atoms with Crippen molar-refractivity contribution in [3.05, 3.63) is 352 Å². The van der Waals surface area contributed by atoms with Gasteiger partial charge in [-0.15, -0.1) is 0 Å². The second-order valence-corrected chi connectivity index (χ2v) is 30.4. The van der Waals surface area contributed by atoms with Crippen molar-refractivity contribution in [2.24, 2.45) is 0 Å². The highest BCUT2D eigenvalue weighted by molar-refractivity contribution is 7.22. The Morgan fingerprint density at radius 2 is 0.455 bits per heavy atom. The summed E-state index contributed by atoms with van der Waals surface area (Å²) >= 11 is 0. The molecule has 414 valence electrons. The Morgan fingerprint density at radius 1 is 0.193 bits per heavy atom. The van der Waals surface area contributed by atoms with Crippen LogP contribution in [0.25, 0.3) is 88.9 Å². The fraction of sp³-hybridized carbons (Fsp3) is 0. The van der Waals surface area contributed by atoms with Crippen molar-refractivity contribution in [3.8, 4) is 45.3 Å². The van der Waals surface area contributed by atoms with E-state index in [2.05, 4.69) is 361 Å². The first-order chi connectivity index (χ1) is 43.6. The Hall–Kier alpha value is -11.0. The number of benzene rings is 13. The fourth-order valence-corrected chi connectivity index (χ4v) is 24.0. The van der Waals surface area contributed by atoms with Crippen LogP contribution in [0.3, 0.4) is 0 Å². The molecule has 0 bridgehead atoms. The molecule has 0 aliphatic carbocycles. The van der Waals surface area contributed by atoms with E-state index in [1.165, 1.54) is 85.3 Å². The van der Waals surface area contributed by atoms with Gasteiger partial charge >= 0.3 is 0 Å². The number of nitrogens with zero attached hydrogens (tertiary/aromatic N) is 4. The summed E-state index contributed by atoms with van der Waals surface area (Å²) in [5.41, 5.74) is 9.93. The van der Waals surface area contributed by atoms with E-state index in [4.69, 9.17) is 9.97 Å². The Bertz CT molecular complexity index is 4700. The number of para-hydroxylation sites is 4. The minimum absolute atomic E-state index is 0.628. The van der Waals surface area contributed by atoms with Crippen molar-refractivity contribution in [1.82, 2.24) is 19.1 Å². The van der Waals surface area contributed by atoms with Gasteiger partial charge < -0.3 is 0 Å². The minimum atomic E-state index is -3.43. The molecule has 13 aromatic carbocycles. The monoisotopic (exact) mass is 1150 g/mol.